The number of pyridine rings is 1. The van der Waals surface area contributed by atoms with Crippen molar-refractivity contribution < 1.29 is 22.7 Å². The topological polar surface area (TPSA) is 105 Å². The van der Waals surface area contributed by atoms with Gasteiger partial charge in [0.1, 0.15) is 17.3 Å². The number of nitrogens with one attached hydrogen (secondary N) is 1. The zero-order valence-corrected chi connectivity index (χ0v) is 17.5. The number of ketones is 1. The molecule has 0 spiro atoms. The maximum Gasteiger partial charge on any atom is 0.419 e. The summed E-state index contributed by atoms with van der Waals surface area (Å²) in [5.74, 6) is -0.642. The van der Waals surface area contributed by atoms with Gasteiger partial charge in [0.2, 0.25) is 0 Å². The molecule has 0 atom stereocenters. The molecule has 0 amide bonds. The lowest BCUT2D eigenvalue weighted by molar-refractivity contribution is -0.138. The third-order valence-corrected chi connectivity index (χ3v) is 4.89. The highest BCUT2D eigenvalue weighted by atomic mass is 19.4. The molecular weight excluding hydrogens is 423 g/mol. The number of ether oxygens (including phenoxy) is 1. The van der Waals surface area contributed by atoms with E-state index in [-0.39, 0.29) is 60.1 Å². The lowest BCUT2D eigenvalue weighted by Crippen LogP contribution is -2.13. The van der Waals surface area contributed by atoms with Gasteiger partial charge in [0.25, 0.3) is 0 Å². The fraction of sp³-hybridized carbons (Fsp3) is 0.318. The van der Waals surface area contributed by atoms with Gasteiger partial charge < -0.3 is 14.7 Å². The molecule has 3 rings (SSSR count). The molecule has 10 heteroatoms. The summed E-state index contributed by atoms with van der Waals surface area (Å²) in [7, 11) is 1.71. The standard InChI is InChI=1S/C22H20F3N5O2/c1-3-19(31)15(27)5-4-8-32-20-7-6-13(9-14(20)22(23,24)25)16-10-18-21(17(11-26)29-16)28-12-30(18)2/h6-7,9-10,12,27H,3-5,8H2,1-2H3. The van der Waals surface area contributed by atoms with Gasteiger partial charge in [0.05, 0.1) is 35.4 Å². The third kappa shape index (κ3) is 4.77. The summed E-state index contributed by atoms with van der Waals surface area (Å²) in [6, 6.07) is 7.10. The SMILES string of the molecule is CCC(=O)C(=N)CCCOc1ccc(-c2cc3c(ncn3C)c(C#N)n2)cc1C(F)(F)F. The average molecular weight is 443 g/mol. The molecule has 1 N–H and O–H groups in total. The van der Waals surface area contributed by atoms with Crippen LogP contribution in [0.4, 0.5) is 13.2 Å². The number of carbonyl (C=O) groups is 1. The van der Waals surface area contributed by atoms with Crippen LogP contribution in [-0.2, 0) is 18.0 Å². The van der Waals surface area contributed by atoms with Gasteiger partial charge in [-0.05, 0) is 37.1 Å². The third-order valence-electron chi connectivity index (χ3n) is 4.89. The second kappa shape index (κ2) is 9.18. The highest BCUT2D eigenvalue weighted by Gasteiger charge is 2.35. The molecule has 3 aromatic rings. The highest BCUT2D eigenvalue weighted by molar-refractivity contribution is 6.38. The van der Waals surface area contributed by atoms with E-state index in [4.69, 9.17) is 10.1 Å². The molecule has 0 bridgehead atoms. The number of nitrogens with zero attached hydrogens (tertiary/aromatic N) is 4. The number of rotatable bonds is 8. The first-order chi connectivity index (χ1) is 15.2. The van der Waals surface area contributed by atoms with E-state index in [1.165, 1.54) is 18.5 Å². The van der Waals surface area contributed by atoms with Crippen LogP contribution in [0.2, 0.25) is 0 Å². The van der Waals surface area contributed by atoms with Crippen molar-refractivity contribution >= 4 is 22.5 Å². The molecule has 7 nitrogen and oxygen atoms in total. The number of Topliss-reactive ketones (excluding diaryl/α,β-unsaturated/α-hetero) is 1. The summed E-state index contributed by atoms with van der Waals surface area (Å²) in [5.41, 5.74) is 0.329. The second-order valence-electron chi connectivity index (χ2n) is 7.11. The number of benzene rings is 1. The van der Waals surface area contributed by atoms with Crippen LogP contribution < -0.4 is 4.74 Å². The Balaban J connectivity index is 1.89. The van der Waals surface area contributed by atoms with Gasteiger partial charge in [-0.1, -0.05) is 6.92 Å². The Kier molecular flexibility index (Phi) is 6.58. The molecule has 0 aliphatic rings. The molecule has 0 unspecified atom stereocenters. The van der Waals surface area contributed by atoms with Crippen LogP contribution in [0.3, 0.4) is 0 Å². The normalized spacial score (nSPS) is 11.4. The van der Waals surface area contributed by atoms with Crippen molar-refractivity contribution in [2.75, 3.05) is 6.61 Å². The number of carbonyl (C=O) groups excluding carboxylic acids is 1. The van der Waals surface area contributed by atoms with Gasteiger partial charge in [-0.3, -0.25) is 4.79 Å². The first kappa shape index (κ1) is 22.9. The lowest BCUT2D eigenvalue weighted by Gasteiger charge is -2.15. The monoisotopic (exact) mass is 443 g/mol. The Hall–Kier alpha value is -3.74. The maximum absolute atomic E-state index is 13.7. The van der Waals surface area contributed by atoms with E-state index < -0.39 is 11.7 Å². The van der Waals surface area contributed by atoms with Gasteiger partial charge in [-0.2, -0.15) is 18.4 Å². The predicted molar refractivity (Wildman–Crippen MR) is 111 cm³/mol. The Morgan fingerprint density at radius 3 is 2.72 bits per heavy atom. The van der Waals surface area contributed by atoms with E-state index in [1.54, 1.807) is 24.6 Å². The Morgan fingerprint density at radius 1 is 1.31 bits per heavy atom. The van der Waals surface area contributed by atoms with Crippen molar-refractivity contribution in [2.45, 2.75) is 32.4 Å². The van der Waals surface area contributed by atoms with E-state index in [1.807, 2.05) is 6.07 Å². The van der Waals surface area contributed by atoms with E-state index in [0.717, 1.165) is 6.07 Å². The van der Waals surface area contributed by atoms with Crippen LogP contribution in [0.5, 0.6) is 5.75 Å². The van der Waals surface area contributed by atoms with Gasteiger partial charge in [0, 0.05) is 19.0 Å². The fourth-order valence-electron chi connectivity index (χ4n) is 3.17. The second-order valence-corrected chi connectivity index (χ2v) is 7.11. The number of hydrogen-bond acceptors (Lipinski definition) is 6. The number of halogens is 3. The van der Waals surface area contributed by atoms with Crippen molar-refractivity contribution in [1.29, 1.82) is 10.7 Å². The summed E-state index contributed by atoms with van der Waals surface area (Å²) >= 11 is 0. The molecule has 0 aliphatic heterocycles. The van der Waals surface area contributed by atoms with E-state index in [0.29, 0.717) is 11.0 Å². The first-order valence-electron chi connectivity index (χ1n) is 9.83. The number of fused-ring (bicyclic) bond motifs is 1. The van der Waals surface area contributed by atoms with Crippen molar-refractivity contribution in [2.24, 2.45) is 7.05 Å². The number of hydrogen-bond donors (Lipinski definition) is 1. The number of aromatic nitrogens is 3. The minimum atomic E-state index is -4.68. The van der Waals surface area contributed by atoms with Gasteiger partial charge in [-0.15, -0.1) is 0 Å². The molecule has 2 heterocycles. The summed E-state index contributed by atoms with van der Waals surface area (Å²) in [5, 5.41) is 17.0. The number of alkyl halides is 3. The summed E-state index contributed by atoms with van der Waals surface area (Å²) in [4.78, 5) is 19.7. The molecule has 0 fully saturated rings. The molecule has 166 valence electrons. The average Bonchev–Trinajstić information content (AvgIpc) is 3.15. The van der Waals surface area contributed by atoms with E-state index >= 15 is 0 Å². The Labute approximate surface area is 182 Å². The Morgan fingerprint density at radius 2 is 2.06 bits per heavy atom. The van der Waals surface area contributed by atoms with Crippen molar-refractivity contribution in [3.63, 3.8) is 0 Å². The predicted octanol–water partition coefficient (Wildman–Crippen LogP) is 4.68. The van der Waals surface area contributed by atoms with E-state index in [9.17, 15) is 23.2 Å². The van der Waals surface area contributed by atoms with Crippen LogP contribution in [0.15, 0.2) is 30.6 Å². The summed E-state index contributed by atoms with van der Waals surface area (Å²) < 4.78 is 48.1. The number of aryl methyl sites for hydroxylation is 1. The van der Waals surface area contributed by atoms with Gasteiger partial charge in [-0.25, -0.2) is 9.97 Å². The van der Waals surface area contributed by atoms with Gasteiger partial charge >= 0.3 is 6.18 Å². The van der Waals surface area contributed by atoms with Crippen molar-refractivity contribution in [1.82, 2.24) is 14.5 Å². The van der Waals surface area contributed by atoms with Crippen LogP contribution in [0.25, 0.3) is 22.3 Å². The smallest absolute Gasteiger partial charge is 0.419 e. The molecule has 32 heavy (non-hydrogen) atoms. The van der Waals surface area contributed by atoms with Crippen LogP contribution in [0.1, 0.15) is 37.4 Å². The Bertz CT molecular complexity index is 1220. The first-order valence-corrected chi connectivity index (χ1v) is 9.83. The quantitative estimate of drug-likeness (QED) is 0.402. The molecule has 2 aromatic heterocycles. The van der Waals surface area contributed by atoms with Gasteiger partial charge in [0.15, 0.2) is 11.5 Å². The largest absolute Gasteiger partial charge is 0.493 e. The van der Waals surface area contributed by atoms with Crippen molar-refractivity contribution in [3.8, 4) is 23.1 Å². The number of imidazole rings is 1. The fourth-order valence-corrected chi connectivity index (χ4v) is 3.17. The summed E-state index contributed by atoms with van der Waals surface area (Å²) in [6.07, 6.45) is -2.58. The zero-order chi connectivity index (χ0) is 23.5. The maximum atomic E-state index is 13.7. The van der Waals surface area contributed by atoms with Crippen LogP contribution in [-0.4, -0.2) is 32.6 Å². The molecule has 0 radical (unpaired) electrons. The van der Waals surface area contributed by atoms with E-state index in [2.05, 4.69) is 9.97 Å². The molecule has 1 aromatic carbocycles. The minimum Gasteiger partial charge on any atom is -0.493 e. The number of nitriles is 1. The van der Waals surface area contributed by atoms with Crippen molar-refractivity contribution in [3.05, 3.63) is 41.9 Å². The zero-order valence-electron chi connectivity index (χ0n) is 17.5. The summed E-state index contributed by atoms with van der Waals surface area (Å²) in [6.45, 7) is 1.57. The molecule has 0 saturated heterocycles. The molecule has 0 saturated carbocycles. The molecule has 0 aliphatic carbocycles. The minimum absolute atomic E-state index is 0.0241. The van der Waals surface area contributed by atoms with Crippen LogP contribution in [0, 0.1) is 16.7 Å². The highest BCUT2D eigenvalue weighted by Crippen LogP contribution is 2.39. The lowest BCUT2D eigenvalue weighted by atomic mass is 10.0. The van der Waals surface area contributed by atoms with Crippen LogP contribution >= 0.6 is 0 Å². The molecular formula is C22H20F3N5O2.